The molecule has 0 spiro atoms. The number of aliphatic imine (C=N–C) groups is 1. The number of aryl methyl sites for hydroxylation is 2. The summed E-state index contributed by atoms with van der Waals surface area (Å²) in [6, 6.07) is 6.41. The summed E-state index contributed by atoms with van der Waals surface area (Å²) in [4.78, 5) is 8.88. The molecule has 1 heterocycles. The van der Waals surface area contributed by atoms with Gasteiger partial charge in [0.2, 0.25) is 0 Å². The van der Waals surface area contributed by atoms with Crippen LogP contribution >= 0.6 is 11.3 Å². The number of anilines is 1. The van der Waals surface area contributed by atoms with Gasteiger partial charge < -0.3 is 15.8 Å². The van der Waals surface area contributed by atoms with Crippen molar-refractivity contribution < 1.29 is 4.74 Å². The number of hydrogen-bond donors (Lipinski definition) is 2. The number of methoxy groups -OCH3 is 1. The molecule has 122 valence electrons. The lowest BCUT2D eigenvalue weighted by atomic mass is 10.1. The van der Waals surface area contributed by atoms with Crippen LogP contribution in [0.3, 0.4) is 0 Å². The first-order valence-electron chi connectivity index (χ1n) is 7.81. The van der Waals surface area contributed by atoms with Crippen LogP contribution in [0.4, 0.5) is 5.69 Å². The molecule has 3 rings (SSSR count). The maximum absolute atomic E-state index is 5.98. The summed E-state index contributed by atoms with van der Waals surface area (Å²) < 4.78 is 5.27. The van der Waals surface area contributed by atoms with E-state index < -0.39 is 0 Å². The van der Waals surface area contributed by atoms with Gasteiger partial charge in [0, 0.05) is 18.2 Å². The third-order valence-corrected chi connectivity index (χ3v) is 5.11. The molecule has 0 amide bonds. The number of fused-ring (bicyclic) bond motifs is 1. The van der Waals surface area contributed by atoms with Gasteiger partial charge in [-0.15, -0.1) is 11.3 Å². The second-order valence-electron chi connectivity index (χ2n) is 5.72. The van der Waals surface area contributed by atoms with E-state index in [1.165, 1.54) is 24.0 Å². The molecule has 0 bridgehead atoms. The van der Waals surface area contributed by atoms with E-state index in [1.54, 1.807) is 18.4 Å². The van der Waals surface area contributed by atoms with Crippen LogP contribution in [0, 0.1) is 0 Å². The minimum atomic E-state index is 0.0135. The third-order valence-electron chi connectivity index (χ3n) is 4.05. The fourth-order valence-electron chi connectivity index (χ4n) is 2.69. The topological polar surface area (TPSA) is 72.5 Å². The molecule has 1 aromatic heterocycles. The minimum Gasteiger partial charge on any atom is -0.375 e. The number of aromatic nitrogens is 1. The Morgan fingerprint density at radius 2 is 2.26 bits per heavy atom. The van der Waals surface area contributed by atoms with E-state index in [1.807, 2.05) is 12.3 Å². The maximum Gasteiger partial charge on any atom is 0.193 e. The highest BCUT2D eigenvalue weighted by Gasteiger charge is 2.11. The first kappa shape index (κ1) is 16.0. The van der Waals surface area contributed by atoms with Crippen molar-refractivity contribution in [2.24, 2.45) is 10.7 Å². The van der Waals surface area contributed by atoms with Crippen LogP contribution in [0.1, 0.15) is 41.3 Å². The van der Waals surface area contributed by atoms with E-state index in [4.69, 9.17) is 10.5 Å². The Kier molecular flexibility index (Phi) is 4.93. The smallest absolute Gasteiger partial charge is 0.193 e. The van der Waals surface area contributed by atoms with Crippen molar-refractivity contribution in [2.75, 3.05) is 12.4 Å². The van der Waals surface area contributed by atoms with Gasteiger partial charge in [-0.2, -0.15) is 0 Å². The Morgan fingerprint density at radius 1 is 1.43 bits per heavy atom. The maximum atomic E-state index is 5.98. The van der Waals surface area contributed by atoms with Crippen LogP contribution in [0.25, 0.3) is 0 Å². The predicted octanol–water partition coefficient (Wildman–Crippen LogP) is 3.27. The number of rotatable bonds is 5. The molecule has 2 aromatic rings. The Labute approximate surface area is 140 Å². The lowest BCUT2D eigenvalue weighted by Gasteiger charge is -2.07. The third kappa shape index (κ3) is 3.89. The summed E-state index contributed by atoms with van der Waals surface area (Å²) >= 11 is 1.58. The largest absolute Gasteiger partial charge is 0.375 e. The first-order valence-corrected chi connectivity index (χ1v) is 8.69. The number of thiazole rings is 1. The molecule has 3 N–H and O–H groups in total. The average molecular weight is 330 g/mol. The van der Waals surface area contributed by atoms with Crippen LogP contribution in [-0.4, -0.2) is 18.1 Å². The molecule has 1 aliphatic carbocycles. The van der Waals surface area contributed by atoms with Gasteiger partial charge in [-0.25, -0.2) is 9.98 Å². The normalized spacial score (nSPS) is 15.5. The summed E-state index contributed by atoms with van der Waals surface area (Å²) in [5, 5.41) is 6.12. The molecule has 1 aliphatic rings. The van der Waals surface area contributed by atoms with E-state index in [0.29, 0.717) is 12.5 Å². The first-order chi connectivity index (χ1) is 11.2. The Hall–Kier alpha value is -1.92. The average Bonchev–Trinajstić information content (AvgIpc) is 3.20. The summed E-state index contributed by atoms with van der Waals surface area (Å²) in [6.07, 6.45) is 3.60. The van der Waals surface area contributed by atoms with Gasteiger partial charge in [0.25, 0.3) is 0 Å². The zero-order valence-corrected chi connectivity index (χ0v) is 14.3. The van der Waals surface area contributed by atoms with Gasteiger partial charge in [0.05, 0.1) is 12.2 Å². The van der Waals surface area contributed by atoms with E-state index in [9.17, 15) is 0 Å². The minimum absolute atomic E-state index is 0.0135. The van der Waals surface area contributed by atoms with Crippen LogP contribution in [0.15, 0.2) is 28.6 Å². The van der Waals surface area contributed by atoms with Crippen LogP contribution in [0.5, 0.6) is 0 Å². The zero-order valence-electron chi connectivity index (χ0n) is 13.5. The Balaban J connectivity index is 1.60. The van der Waals surface area contributed by atoms with Gasteiger partial charge in [-0.3, -0.25) is 0 Å². The van der Waals surface area contributed by atoms with Crippen molar-refractivity contribution in [1.82, 2.24) is 4.98 Å². The van der Waals surface area contributed by atoms with Crippen LogP contribution in [0.2, 0.25) is 0 Å². The standard InChI is InChI=1S/C17H22N4OS/c1-11(22-2)16-20-15(10-23-16)9-19-17(18)21-14-7-6-12-4-3-5-13(12)8-14/h6-8,10-11H,3-5,9H2,1-2H3,(H3,18,19,21). The number of ether oxygens (including phenoxy) is 1. The highest BCUT2D eigenvalue weighted by molar-refractivity contribution is 7.09. The molecule has 6 heteroatoms. The van der Waals surface area contributed by atoms with E-state index in [-0.39, 0.29) is 6.10 Å². The number of nitrogens with two attached hydrogens (primary N) is 1. The molecule has 1 unspecified atom stereocenters. The quantitative estimate of drug-likeness (QED) is 0.652. The van der Waals surface area contributed by atoms with E-state index in [0.717, 1.165) is 22.8 Å². The highest BCUT2D eigenvalue weighted by Crippen LogP contribution is 2.25. The van der Waals surface area contributed by atoms with Gasteiger partial charge >= 0.3 is 0 Å². The van der Waals surface area contributed by atoms with Crippen molar-refractivity contribution >= 4 is 23.0 Å². The molecule has 1 aromatic carbocycles. The number of nitrogens with zero attached hydrogens (tertiary/aromatic N) is 2. The molecule has 0 saturated carbocycles. The van der Waals surface area contributed by atoms with Gasteiger partial charge in [-0.1, -0.05) is 6.07 Å². The second kappa shape index (κ2) is 7.10. The van der Waals surface area contributed by atoms with Crippen molar-refractivity contribution in [3.63, 3.8) is 0 Å². The second-order valence-corrected chi connectivity index (χ2v) is 6.61. The van der Waals surface area contributed by atoms with E-state index >= 15 is 0 Å². The SMILES string of the molecule is COC(C)c1nc(CN=C(N)Nc2ccc3c(c2)CCC3)cs1. The molecule has 0 radical (unpaired) electrons. The number of guanidine groups is 1. The monoisotopic (exact) mass is 330 g/mol. The lowest BCUT2D eigenvalue weighted by molar-refractivity contribution is 0.119. The van der Waals surface area contributed by atoms with Crippen molar-refractivity contribution in [2.45, 2.75) is 38.8 Å². The van der Waals surface area contributed by atoms with Gasteiger partial charge in [0.15, 0.2) is 5.96 Å². The molecular formula is C17H22N4OS. The van der Waals surface area contributed by atoms with Crippen molar-refractivity contribution in [3.8, 4) is 0 Å². The van der Waals surface area contributed by atoms with Gasteiger partial charge in [-0.05, 0) is 49.4 Å². The summed E-state index contributed by atoms with van der Waals surface area (Å²) in [5.41, 5.74) is 10.8. The fraction of sp³-hybridized carbons (Fsp3) is 0.412. The fourth-order valence-corrected chi connectivity index (χ4v) is 3.53. The van der Waals surface area contributed by atoms with Gasteiger partial charge in [0.1, 0.15) is 11.1 Å². The Bertz CT molecular complexity index is 710. The number of benzene rings is 1. The molecule has 23 heavy (non-hydrogen) atoms. The zero-order chi connectivity index (χ0) is 16.2. The predicted molar refractivity (Wildman–Crippen MR) is 95.0 cm³/mol. The number of hydrogen-bond acceptors (Lipinski definition) is 4. The molecule has 0 saturated heterocycles. The molecule has 5 nitrogen and oxygen atoms in total. The molecular weight excluding hydrogens is 308 g/mol. The Morgan fingerprint density at radius 3 is 3.09 bits per heavy atom. The highest BCUT2D eigenvalue weighted by atomic mass is 32.1. The number of nitrogens with one attached hydrogen (secondary N) is 1. The van der Waals surface area contributed by atoms with Crippen LogP contribution < -0.4 is 11.1 Å². The summed E-state index contributed by atoms with van der Waals surface area (Å²) in [6.45, 7) is 2.45. The van der Waals surface area contributed by atoms with Crippen molar-refractivity contribution in [3.05, 3.63) is 45.4 Å². The molecule has 0 aliphatic heterocycles. The van der Waals surface area contributed by atoms with E-state index in [2.05, 4.69) is 33.5 Å². The lowest BCUT2D eigenvalue weighted by Crippen LogP contribution is -2.22. The van der Waals surface area contributed by atoms with Crippen LogP contribution in [-0.2, 0) is 24.1 Å². The summed E-state index contributed by atoms with van der Waals surface area (Å²) in [7, 11) is 1.68. The summed E-state index contributed by atoms with van der Waals surface area (Å²) in [5.74, 6) is 0.414. The molecule has 1 atom stereocenters. The van der Waals surface area contributed by atoms with Crippen molar-refractivity contribution in [1.29, 1.82) is 0 Å². The molecule has 0 fully saturated rings.